The molecule has 0 aliphatic rings. The zero-order valence-corrected chi connectivity index (χ0v) is 10.4. The molecule has 1 heterocycles. The van der Waals surface area contributed by atoms with Crippen molar-refractivity contribution in [3.05, 3.63) is 78.1 Å². The minimum atomic E-state index is 0.821. The minimum Gasteiger partial charge on any atom is -0.204 e. The van der Waals surface area contributed by atoms with Crippen LogP contribution >= 0.6 is 0 Å². The van der Waals surface area contributed by atoms with E-state index in [4.69, 9.17) is 5.84 Å². The summed E-state index contributed by atoms with van der Waals surface area (Å²) in [7, 11) is 0. The first-order valence-corrected chi connectivity index (χ1v) is 6.10. The molecule has 0 fully saturated rings. The van der Waals surface area contributed by atoms with Gasteiger partial charge in [-0.3, -0.25) is 0 Å². The number of benzene rings is 2. The summed E-state index contributed by atoms with van der Waals surface area (Å²) in [6, 6.07) is 20.0. The third-order valence-electron chi connectivity index (χ3n) is 2.99. The van der Waals surface area contributed by atoms with E-state index >= 15 is 0 Å². The highest BCUT2D eigenvalue weighted by Gasteiger charge is 2.09. The van der Waals surface area contributed by atoms with Crippen molar-refractivity contribution in [2.75, 3.05) is 5.84 Å². The Morgan fingerprint density at radius 2 is 1.53 bits per heavy atom. The van der Waals surface area contributed by atoms with Crippen molar-refractivity contribution >= 4 is 10.8 Å². The molecule has 0 atom stereocenters. The highest BCUT2D eigenvalue weighted by molar-refractivity contribution is 5.85. The average Bonchev–Trinajstić information content (AvgIpc) is 2.47. The van der Waals surface area contributed by atoms with E-state index in [1.54, 1.807) is 4.68 Å². The zero-order valence-electron chi connectivity index (χ0n) is 10.4. The van der Waals surface area contributed by atoms with Gasteiger partial charge in [-0.1, -0.05) is 47.0 Å². The molecule has 0 saturated carbocycles. The summed E-state index contributed by atoms with van der Waals surface area (Å²) in [5, 5.41) is 2.21. The van der Waals surface area contributed by atoms with Gasteiger partial charge in [-0.05, 0) is 23.6 Å². The Morgan fingerprint density at radius 1 is 0.789 bits per heavy atom. The van der Waals surface area contributed by atoms with Crippen molar-refractivity contribution < 1.29 is 4.68 Å². The summed E-state index contributed by atoms with van der Waals surface area (Å²) < 4.78 is 1.57. The van der Waals surface area contributed by atoms with Crippen LogP contribution in [0.25, 0.3) is 10.8 Å². The normalized spacial score (nSPS) is 9.89. The molecule has 3 aromatic rings. The van der Waals surface area contributed by atoms with Crippen LogP contribution in [0.3, 0.4) is 0 Å². The van der Waals surface area contributed by atoms with Gasteiger partial charge in [-0.15, -0.1) is 0 Å². The van der Waals surface area contributed by atoms with Crippen LogP contribution in [0.15, 0.2) is 66.9 Å². The largest absolute Gasteiger partial charge is 0.293 e. The number of hydrogen-bond donors (Lipinski definition) is 1. The van der Waals surface area contributed by atoms with E-state index in [1.165, 1.54) is 0 Å². The Morgan fingerprint density at radius 3 is 2.37 bits per heavy atom. The first-order chi connectivity index (χ1) is 9.34. The third-order valence-corrected chi connectivity index (χ3v) is 2.99. The predicted molar refractivity (Wildman–Crippen MR) is 76.7 cm³/mol. The van der Waals surface area contributed by atoms with Gasteiger partial charge in [0.15, 0.2) is 0 Å². The highest BCUT2D eigenvalue weighted by atomic mass is 15.3. The van der Waals surface area contributed by atoms with Gasteiger partial charge in [0, 0.05) is 17.6 Å². The summed E-state index contributed by atoms with van der Waals surface area (Å²) in [6.45, 7) is 0. The fourth-order valence-corrected chi connectivity index (χ4v) is 2.02. The lowest BCUT2D eigenvalue weighted by atomic mass is 10.1. The van der Waals surface area contributed by atoms with Crippen LogP contribution in [0.4, 0.5) is 0 Å². The maximum absolute atomic E-state index is 5.96. The van der Waals surface area contributed by atoms with Crippen molar-refractivity contribution in [1.82, 2.24) is 0 Å². The van der Waals surface area contributed by atoms with Crippen LogP contribution in [0.1, 0.15) is 11.3 Å². The number of aromatic nitrogens is 1. The number of nitrogens with two attached hydrogens (primary N) is 1. The van der Waals surface area contributed by atoms with Crippen LogP contribution in [-0.4, -0.2) is 0 Å². The number of nitrogens with zero attached hydrogens (tertiary/aromatic N) is 1. The fraction of sp³-hybridized carbons (Fsp3) is 0. The second-order valence-corrected chi connectivity index (χ2v) is 4.27. The quantitative estimate of drug-likeness (QED) is 0.367. The molecule has 3 rings (SSSR count). The van der Waals surface area contributed by atoms with Crippen molar-refractivity contribution in [2.45, 2.75) is 0 Å². The van der Waals surface area contributed by atoms with Crippen molar-refractivity contribution in [2.24, 2.45) is 0 Å². The van der Waals surface area contributed by atoms with Crippen LogP contribution in [0.2, 0.25) is 0 Å². The van der Waals surface area contributed by atoms with Gasteiger partial charge in [-0.2, -0.15) is 0 Å². The van der Waals surface area contributed by atoms with E-state index in [-0.39, 0.29) is 0 Å². The molecule has 1 aromatic heterocycles. The van der Waals surface area contributed by atoms with Crippen molar-refractivity contribution in [3.8, 4) is 11.8 Å². The first-order valence-electron chi connectivity index (χ1n) is 6.10. The molecular formula is C17H13N2+. The van der Waals surface area contributed by atoms with Gasteiger partial charge >= 0.3 is 0 Å². The van der Waals surface area contributed by atoms with Gasteiger partial charge in [0.1, 0.15) is 0 Å². The summed E-state index contributed by atoms with van der Waals surface area (Å²) in [6.07, 6.45) is 1.83. The standard InChI is InChI=1S/C17H13N2/c18-19-13-12-15-8-4-5-9-16(15)17(19)11-10-14-6-2-1-3-7-14/h1-9,12-13H,18H2/q+1. The Balaban J connectivity index is 2.16. The zero-order chi connectivity index (χ0) is 13.1. The van der Waals surface area contributed by atoms with Crippen LogP contribution in [-0.2, 0) is 0 Å². The smallest absolute Gasteiger partial charge is 0.204 e. The predicted octanol–water partition coefficient (Wildman–Crippen LogP) is 2.24. The van der Waals surface area contributed by atoms with E-state index in [0.717, 1.165) is 22.0 Å². The number of hydrogen-bond acceptors (Lipinski definition) is 1. The Kier molecular flexibility index (Phi) is 2.88. The molecule has 2 nitrogen and oxygen atoms in total. The average molecular weight is 245 g/mol. The topological polar surface area (TPSA) is 29.9 Å². The summed E-state index contributed by atoms with van der Waals surface area (Å²) in [4.78, 5) is 0. The van der Waals surface area contributed by atoms with Crippen molar-refractivity contribution in [3.63, 3.8) is 0 Å². The molecule has 0 unspecified atom stereocenters. The molecule has 2 aromatic carbocycles. The minimum absolute atomic E-state index is 0.821. The molecule has 19 heavy (non-hydrogen) atoms. The Bertz CT molecular complexity index is 780. The molecule has 0 saturated heterocycles. The summed E-state index contributed by atoms with van der Waals surface area (Å²) in [5.41, 5.74) is 1.80. The summed E-state index contributed by atoms with van der Waals surface area (Å²) in [5.74, 6) is 12.3. The van der Waals surface area contributed by atoms with Crippen molar-refractivity contribution in [1.29, 1.82) is 0 Å². The van der Waals surface area contributed by atoms with Crippen LogP contribution in [0, 0.1) is 11.8 Å². The molecular weight excluding hydrogens is 232 g/mol. The Labute approximate surface area is 112 Å². The van der Waals surface area contributed by atoms with Gasteiger partial charge in [0.05, 0.1) is 5.39 Å². The number of rotatable bonds is 0. The van der Waals surface area contributed by atoms with Gasteiger partial charge in [0.25, 0.3) is 5.69 Å². The van der Waals surface area contributed by atoms with Gasteiger partial charge < -0.3 is 0 Å². The molecule has 2 heteroatoms. The number of nitrogen functional groups attached to an aromatic ring is 1. The van der Waals surface area contributed by atoms with Crippen LogP contribution < -0.4 is 10.5 Å². The molecule has 0 bridgehead atoms. The van der Waals surface area contributed by atoms with E-state index in [1.807, 2.05) is 60.8 Å². The second-order valence-electron chi connectivity index (χ2n) is 4.27. The van der Waals surface area contributed by atoms with E-state index in [2.05, 4.69) is 17.9 Å². The molecule has 0 radical (unpaired) electrons. The third kappa shape index (κ3) is 2.27. The van der Waals surface area contributed by atoms with E-state index in [0.29, 0.717) is 0 Å². The molecule has 2 N–H and O–H groups in total. The summed E-state index contributed by atoms with van der Waals surface area (Å²) >= 11 is 0. The first kappa shape index (κ1) is 11.3. The molecule has 90 valence electrons. The monoisotopic (exact) mass is 245 g/mol. The molecule has 0 spiro atoms. The molecule has 0 aliphatic heterocycles. The van der Waals surface area contributed by atoms with E-state index < -0.39 is 0 Å². The maximum Gasteiger partial charge on any atom is 0.293 e. The molecule has 0 aliphatic carbocycles. The molecule has 0 amide bonds. The van der Waals surface area contributed by atoms with E-state index in [9.17, 15) is 0 Å². The maximum atomic E-state index is 5.96. The van der Waals surface area contributed by atoms with Gasteiger partial charge in [-0.25, -0.2) is 5.84 Å². The highest BCUT2D eigenvalue weighted by Crippen LogP contribution is 2.13. The van der Waals surface area contributed by atoms with Crippen LogP contribution in [0.5, 0.6) is 0 Å². The van der Waals surface area contributed by atoms with Gasteiger partial charge in [0.2, 0.25) is 6.20 Å². The lowest BCUT2D eigenvalue weighted by Crippen LogP contribution is -2.47. The SMILES string of the molecule is N[n+]1ccc2ccccc2c1C#Cc1ccccc1. The second kappa shape index (κ2) is 4.83. The number of pyridine rings is 1. The fourth-order valence-electron chi connectivity index (χ4n) is 2.02. The lowest BCUT2D eigenvalue weighted by molar-refractivity contribution is -0.640. The Hall–Kier alpha value is -2.79. The lowest BCUT2D eigenvalue weighted by Gasteiger charge is -1.97. The number of fused-ring (bicyclic) bond motifs is 1.